The number of ether oxygens (including phenoxy) is 2. The Morgan fingerprint density at radius 1 is 1.14 bits per heavy atom. The lowest BCUT2D eigenvalue weighted by molar-refractivity contribution is 0.280. The molecule has 0 amide bonds. The van der Waals surface area contributed by atoms with Crippen LogP contribution >= 0.6 is 0 Å². The molecular formula is C20H19N5O3. The number of aromatic hydroxyl groups is 1. The second kappa shape index (κ2) is 7.83. The lowest BCUT2D eigenvalue weighted by Crippen LogP contribution is -2.07. The Labute approximate surface area is 161 Å². The molecule has 0 aliphatic rings. The van der Waals surface area contributed by atoms with Crippen molar-refractivity contribution in [3.8, 4) is 17.2 Å². The van der Waals surface area contributed by atoms with Crippen molar-refractivity contribution in [3.05, 3.63) is 61.4 Å². The van der Waals surface area contributed by atoms with Crippen LogP contribution in [0.1, 0.15) is 0 Å². The zero-order chi connectivity index (χ0) is 19.3. The van der Waals surface area contributed by atoms with E-state index < -0.39 is 0 Å². The number of methoxy groups -OCH3 is 1. The van der Waals surface area contributed by atoms with Crippen LogP contribution in [0.3, 0.4) is 0 Å². The first-order chi connectivity index (χ1) is 13.7. The molecule has 4 aromatic rings. The van der Waals surface area contributed by atoms with Gasteiger partial charge in [0.1, 0.15) is 24.5 Å². The summed E-state index contributed by atoms with van der Waals surface area (Å²) in [4.78, 5) is 12.7. The van der Waals surface area contributed by atoms with Crippen LogP contribution in [0.5, 0.6) is 17.2 Å². The SMILES string of the molecule is COc1cc2c(Nc3cccc(O)c3)ncnc2cc1OCCn1ccnc1. The average molecular weight is 377 g/mol. The highest BCUT2D eigenvalue weighted by Gasteiger charge is 2.12. The van der Waals surface area contributed by atoms with E-state index in [-0.39, 0.29) is 5.75 Å². The van der Waals surface area contributed by atoms with Crippen LogP contribution in [0.2, 0.25) is 0 Å². The standard InChI is InChI=1S/C20H19N5O3/c1-27-18-10-16-17(11-19(18)28-8-7-25-6-5-21-13-25)22-12-23-20(16)24-14-3-2-4-15(26)9-14/h2-6,9-13,26H,7-8H2,1H3,(H,22,23,24). The van der Waals surface area contributed by atoms with Crippen molar-refractivity contribution < 1.29 is 14.6 Å². The van der Waals surface area contributed by atoms with Gasteiger partial charge < -0.3 is 24.5 Å². The third-order valence-electron chi connectivity index (χ3n) is 4.20. The van der Waals surface area contributed by atoms with Crippen molar-refractivity contribution in [3.63, 3.8) is 0 Å². The first-order valence-corrected chi connectivity index (χ1v) is 8.70. The molecule has 0 saturated heterocycles. The summed E-state index contributed by atoms with van der Waals surface area (Å²) in [6, 6.07) is 10.5. The van der Waals surface area contributed by atoms with Crippen LogP contribution in [0.4, 0.5) is 11.5 Å². The van der Waals surface area contributed by atoms with E-state index in [4.69, 9.17) is 9.47 Å². The number of rotatable bonds is 7. The Morgan fingerprint density at radius 2 is 2.07 bits per heavy atom. The third-order valence-corrected chi connectivity index (χ3v) is 4.20. The molecule has 0 atom stereocenters. The normalized spacial score (nSPS) is 10.8. The highest BCUT2D eigenvalue weighted by Crippen LogP contribution is 2.35. The summed E-state index contributed by atoms with van der Waals surface area (Å²) >= 11 is 0. The van der Waals surface area contributed by atoms with Crippen molar-refractivity contribution >= 4 is 22.4 Å². The second-order valence-electron chi connectivity index (χ2n) is 6.07. The molecule has 0 aliphatic carbocycles. The molecule has 2 heterocycles. The lowest BCUT2D eigenvalue weighted by atomic mass is 10.2. The summed E-state index contributed by atoms with van der Waals surface area (Å²) < 4.78 is 13.3. The van der Waals surface area contributed by atoms with E-state index in [2.05, 4.69) is 20.3 Å². The van der Waals surface area contributed by atoms with E-state index in [9.17, 15) is 5.11 Å². The Hall–Kier alpha value is -3.81. The van der Waals surface area contributed by atoms with Crippen LogP contribution in [-0.2, 0) is 6.54 Å². The molecule has 0 radical (unpaired) electrons. The minimum Gasteiger partial charge on any atom is -0.508 e. The Morgan fingerprint density at radius 3 is 2.86 bits per heavy atom. The van der Waals surface area contributed by atoms with Gasteiger partial charge >= 0.3 is 0 Å². The summed E-state index contributed by atoms with van der Waals surface area (Å²) in [5, 5.41) is 13.6. The summed E-state index contributed by atoms with van der Waals surface area (Å²) in [7, 11) is 1.59. The van der Waals surface area contributed by atoms with Gasteiger partial charge in [-0.3, -0.25) is 0 Å². The summed E-state index contributed by atoms with van der Waals surface area (Å²) in [5.74, 6) is 1.98. The molecule has 2 aromatic carbocycles. The van der Waals surface area contributed by atoms with Gasteiger partial charge in [0, 0.05) is 35.6 Å². The highest BCUT2D eigenvalue weighted by atomic mass is 16.5. The summed E-state index contributed by atoms with van der Waals surface area (Å²) in [6.45, 7) is 1.15. The molecule has 0 fully saturated rings. The topological polar surface area (TPSA) is 94.3 Å². The van der Waals surface area contributed by atoms with Crippen LogP contribution in [0, 0.1) is 0 Å². The van der Waals surface area contributed by atoms with Gasteiger partial charge in [-0.15, -0.1) is 0 Å². The molecule has 142 valence electrons. The van der Waals surface area contributed by atoms with E-state index in [0.717, 1.165) is 16.6 Å². The van der Waals surface area contributed by atoms with E-state index in [1.165, 1.54) is 6.33 Å². The number of nitrogens with zero attached hydrogens (tertiary/aromatic N) is 4. The van der Waals surface area contributed by atoms with Crippen molar-refractivity contribution in [1.82, 2.24) is 19.5 Å². The van der Waals surface area contributed by atoms with Gasteiger partial charge in [0.15, 0.2) is 11.5 Å². The monoisotopic (exact) mass is 377 g/mol. The van der Waals surface area contributed by atoms with Gasteiger partial charge in [-0.2, -0.15) is 0 Å². The van der Waals surface area contributed by atoms with Crippen molar-refractivity contribution in [2.75, 3.05) is 19.0 Å². The second-order valence-corrected chi connectivity index (χ2v) is 6.07. The van der Waals surface area contributed by atoms with E-state index in [0.29, 0.717) is 30.5 Å². The van der Waals surface area contributed by atoms with Crippen LogP contribution < -0.4 is 14.8 Å². The average Bonchev–Trinajstić information content (AvgIpc) is 3.21. The van der Waals surface area contributed by atoms with Crippen LogP contribution in [0.15, 0.2) is 61.4 Å². The molecule has 0 saturated carbocycles. The summed E-state index contributed by atoms with van der Waals surface area (Å²) in [5.41, 5.74) is 1.44. The number of nitrogens with one attached hydrogen (secondary N) is 1. The molecule has 8 heteroatoms. The van der Waals surface area contributed by atoms with Crippen molar-refractivity contribution in [1.29, 1.82) is 0 Å². The molecule has 28 heavy (non-hydrogen) atoms. The quantitative estimate of drug-likeness (QED) is 0.510. The molecule has 0 spiro atoms. The lowest BCUT2D eigenvalue weighted by Gasteiger charge is -2.14. The number of phenols is 1. The number of aromatic nitrogens is 4. The number of imidazole rings is 1. The van der Waals surface area contributed by atoms with Gasteiger partial charge in [-0.25, -0.2) is 15.0 Å². The van der Waals surface area contributed by atoms with Gasteiger partial charge in [-0.1, -0.05) is 6.07 Å². The maximum absolute atomic E-state index is 9.66. The first kappa shape index (κ1) is 17.6. The van der Waals surface area contributed by atoms with Gasteiger partial charge in [0.05, 0.1) is 25.5 Å². The Balaban J connectivity index is 1.61. The number of fused-ring (bicyclic) bond motifs is 1. The molecule has 0 unspecified atom stereocenters. The molecule has 0 bridgehead atoms. The minimum atomic E-state index is 0.175. The van der Waals surface area contributed by atoms with Gasteiger partial charge in [0.2, 0.25) is 0 Å². The summed E-state index contributed by atoms with van der Waals surface area (Å²) in [6.07, 6.45) is 6.84. The fourth-order valence-electron chi connectivity index (χ4n) is 2.84. The van der Waals surface area contributed by atoms with E-state index in [1.54, 1.807) is 37.8 Å². The smallest absolute Gasteiger partial charge is 0.163 e. The number of hydrogen-bond acceptors (Lipinski definition) is 7. The fourth-order valence-corrected chi connectivity index (χ4v) is 2.84. The molecule has 8 nitrogen and oxygen atoms in total. The molecule has 0 aliphatic heterocycles. The number of anilines is 2. The van der Waals surface area contributed by atoms with E-state index in [1.807, 2.05) is 29.0 Å². The third kappa shape index (κ3) is 3.80. The fraction of sp³-hybridized carbons (Fsp3) is 0.150. The van der Waals surface area contributed by atoms with Gasteiger partial charge in [0.25, 0.3) is 0 Å². The van der Waals surface area contributed by atoms with Crippen LogP contribution in [-0.4, -0.2) is 38.3 Å². The van der Waals surface area contributed by atoms with Crippen molar-refractivity contribution in [2.45, 2.75) is 6.54 Å². The first-order valence-electron chi connectivity index (χ1n) is 8.70. The largest absolute Gasteiger partial charge is 0.508 e. The highest BCUT2D eigenvalue weighted by molar-refractivity contribution is 5.93. The van der Waals surface area contributed by atoms with E-state index >= 15 is 0 Å². The maximum Gasteiger partial charge on any atom is 0.163 e. The molecule has 2 aromatic heterocycles. The number of benzene rings is 2. The number of phenolic OH excluding ortho intramolecular Hbond substituents is 1. The Kier molecular flexibility index (Phi) is 4.92. The Bertz CT molecular complexity index is 1080. The maximum atomic E-state index is 9.66. The molecule has 2 N–H and O–H groups in total. The zero-order valence-electron chi connectivity index (χ0n) is 15.2. The predicted octanol–water partition coefficient (Wildman–Crippen LogP) is 3.36. The number of hydrogen-bond donors (Lipinski definition) is 2. The predicted molar refractivity (Wildman–Crippen MR) is 105 cm³/mol. The minimum absolute atomic E-state index is 0.175. The molecular weight excluding hydrogens is 358 g/mol. The van der Waals surface area contributed by atoms with Crippen molar-refractivity contribution in [2.24, 2.45) is 0 Å². The van der Waals surface area contributed by atoms with Crippen LogP contribution in [0.25, 0.3) is 10.9 Å². The van der Waals surface area contributed by atoms with Gasteiger partial charge in [-0.05, 0) is 18.2 Å². The zero-order valence-corrected chi connectivity index (χ0v) is 15.2. The molecule has 4 rings (SSSR count).